The number of rotatable bonds is 6. The number of hydrogen-bond acceptors (Lipinski definition) is 5. The first-order chi connectivity index (χ1) is 13.3. The molecule has 8 nitrogen and oxygen atoms in total. The topological polar surface area (TPSA) is 90.0 Å². The molecule has 1 aliphatic heterocycles. The van der Waals surface area contributed by atoms with Crippen LogP contribution in [0.15, 0.2) is 29.2 Å². The molecule has 0 radical (unpaired) electrons. The first-order valence-electron chi connectivity index (χ1n) is 9.60. The maximum atomic E-state index is 12.8. The summed E-state index contributed by atoms with van der Waals surface area (Å²) in [6, 6.07) is 6.16. The molecule has 154 valence electrons. The van der Waals surface area contributed by atoms with E-state index >= 15 is 0 Å². The fourth-order valence-corrected chi connectivity index (χ4v) is 4.42. The summed E-state index contributed by atoms with van der Waals surface area (Å²) >= 11 is 0. The minimum absolute atomic E-state index is 0.0470. The molecular formula is C19H28N4O4S. The van der Waals surface area contributed by atoms with Crippen LogP contribution in [0.3, 0.4) is 0 Å². The first-order valence-corrected chi connectivity index (χ1v) is 11.1. The van der Waals surface area contributed by atoms with Crippen LogP contribution in [0, 0.1) is 0 Å². The Balaban J connectivity index is 1.60. The molecule has 2 aliphatic rings. The molecule has 3 rings (SSSR count). The lowest BCUT2D eigenvalue weighted by Gasteiger charge is -2.23. The van der Waals surface area contributed by atoms with Gasteiger partial charge in [0, 0.05) is 51.9 Å². The van der Waals surface area contributed by atoms with E-state index in [-0.39, 0.29) is 22.8 Å². The van der Waals surface area contributed by atoms with Crippen molar-refractivity contribution < 1.29 is 18.0 Å². The van der Waals surface area contributed by atoms with Crippen molar-refractivity contribution in [1.29, 1.82) is 0 Å². The van der Waals surface area contributed by atoms with Crippen LogP contribution in [0.25, 0.3) is 0 Å². The first kappa shape index (κ1) is 20.8. The minimum Gasteiger partial charge on any atom is -0.348 e. The van der Waals surface area contributed by atoms with Gasteiger partial charge in [0.25, 0.3) is 5.91 Å². The van der Waals surface area contributed by atoms with Crippen molar-refractivity contribution in [2.45, 2.75) is 30.2 Å². The molecule has 1 aromatic carbocycles. The van der Waals surface area contributed by atoms with Crippen LogP contribution < -0.4 is 4.72 Å². The summed E-state index contributed by atoms with van der Waals surface area (Å²) < 4.78 is 27.1. The summed E-state index contributed by atoms with van der Waals surface area (Å²) in [7, 11) is -0.0413. The molecule has 2 fully saturated rings. The molecule has 1 heterocycles. The predicted molar refractivity (Wildman–Crippen MR) is 105 cm³/mol. The van der Waals surface area contributed by atoms with E-state index in [9.17, 15) is 18.0 Å². The summed E-state index contributed by atoms with van der Waals surface area (Å²) in [5, 5.41) is 0. The molecule has 28 heavy (non-hydrogen) atoms. The molecule has 0 unspecified atom stereocenters. The lowest BCUT2D eigenvalue weighted by molar-refractivity contribution is -0.129. The van der Waals surface area contributed by atoms with E-state index < -0.39 is 10.0 Å². The number of amides is 2. The van der Waals surface area contributed by atoms with Crippen LogP contribution in [-0.2, 0) is 14.8 Å². The number of carbonyl (C=O) groups is 2. The van der Waals surface area contributed by atoms with E-state index in [1.807, 2.05) is 0 Å². The lowest BCUT2D eigenvalue weighted by atomic mass is 10.2. The molecule has 0 atom stereocenters. The molecular weight excluding hydrogens is 380 g/mol. The Labute approximate surface area is 166 Å². The van der Waals surface area contributed by atoms with E-state index in [4.69, 9.17) is 0 Å². The Hall–Kier alpha value is -1.97. The van der Waals surface area contributed by atoms with E-state index in [1.165, 1.54) is 12.1 Å². The van der Waals surface area contributed by atoms with Crippen molar-refractivity contribution >= 4 is 21.8 Å². The Bertz CT molecular complexity index is 819. The maximum Gasteiger partial charge on any atom is 0.253 e. The van der Waals surface area contributed by atoms with Gasteiger partial charge in [0.15, 0.2) is 0 Å². The number of carbonyl (C=O) groups excluding carboxylic acids is 2. The Morgan fingerprint density at radius 3 is 2.36 bits per heavy atom. The molecule has 0 bridgehead atoms. The highest BCUT2D eigenvalue weighted by molar-refractivity contribution is 7.89. The van der Waals surface area contributed by atoms with Crippen LogP contribution in [0.2, 0.25) is 0 Å². The van der Waals surface area contributed by atoms with Crippen molar-refractivity contribution in [1.82, 2.24) is 19.4 Å². The van der Waals surface area contributed by atoms with E-state index in [0.717, 1.165) is 25.8 Å². The maximum absolute atomic E-state index is 12.8. The van der Waals surface area contributed by atoms with Crippen molar-refractivity contribution in [2.75, 3.05) is 46.8 Å². The molecule has 0 spiro atoms. The van der Waals surface area contributed by atoms with Crippen LogP contribution >= 0.6 is 0 Å². The monoisotopic (exact) mass is 408 g/mol. The average molecular weight is 409 g/mol. The number of hydrogen-bond donors (Lipinski definition) is 1. The third-order valence-electron chi connectivity index (χ3n) is 5.04. The van der Waals surface area contributed by atoms with Gasteiger partial charge in [-0.2, -0.15) is 0 Å². The highest BCUT2D eigenvalue weighted by atomic mass is 32.2. The molecule has 1 aromatic rings. The number of benzene rings is 1. The van der Waals surface area contributed by atoms with E-state index in [2.05, 4.69) is 9.62 Å². The summed E-state index contributed by atoms with van der Waals surface area (Å²) in [5.74, 6) is -0.0590. The molecule has 0 aromatic heterocycles. The molecule has 1 saturated carbocycles. The summed E-state index contributed by atoms with van der Waals surface area (Å²) in [6.45, 7) is 2.93. The smallest absolute Gasteiger partial charge is 0.253 e. The summed E-state index contributed by atoms with van der Waals surface area (Å²) in [5.41, 5.74) is 0.475. The van der Waals surface area contributed by atoms with Crippen LogP contribution in [0.5, 0.6) is 0 Å². The standard InChI is InChI=1S/C19H28N4O4S/c1-21(2)18(24)14-22-10-3-11-23(13-12-22)19(25)15-4-8-17(9-5-15)28(26,27)20-16-6-7-16/h4-5,8-9,16,20H,3,6-7,10-14H2,1-2H3. The summed E-state index contributed by atoms with van der Waals surface area (Å²) in [4.78, 5) is 30.3. The number of likely N-dealkylation sites (N-methyl/N-ethyl adjacent to an activating group) is 1. The van der Waals surface area contributed by atoms with E-state index in [1.54, 1.807) is 36.0 Å². The highest BCUT2D eigenvalue weighted by Gasteiger charge is 2.28. The van der Waals surface area contributed by atoms with Crippen molar-refractivity contribution in [2.24, 2.45) is 0 Å². The zero-order chi connectivity index (χ0) is 20.3. The molecule has 9 heteroatoms. The van der Waals surface area contributed by atoms with Gasteiger partial charge in [0.05, 0.1) is 11.4 Å². The SMILES string of the molecule is CN(C)C(=O)CN1CCCN(C(=O)c2ccc(S(=O)(=O)NC3CC3)cc2)CC1. The van der Waals surface area contributed by atoms with Crippen LogP contribution in [0.1, 0.15) is 29.6 Å². The molecule has 1 N–H and O–H groups in total. The van der Waals surface area contributed by atoms with Gasteiger partial charge in [-0.25, -0.2) is 13.1 Å². The average Bonchev–Trinajstić information content (AvgIpc) is 3.48. The molecule has 2 amide bonds. The summed E-state index contributed by atoms with van der Waals surface area (Å²) in [6.07, 6.45) is 2.55. The van der Waals surface area contributed by atoms with Crippen molar-refractivity contribution in [3.8, 4) is 0 Å². The quantitative estimate of drug-likeness (QED) is 0.734. The van der Waals surface area contributed by atoms with Gasteiger partial charge in [-0.05, 0) is 43.5 Å². The Morgan fingerprint density at radius 1 is 1.07 bits per heavy atom. The predicted octanol–water partition coefficient (Wildman–Crippen LogP) is 0.363. The Kier molecular flexibility index (Phi) is 6.36. The van der Waals surface area contributed by atoms with Gasteiger partial charge in [-0.15, -0.1) is 0 Å². The molecule has 1 aliphatic carbocycles. The van der Waals surface area contributed by atoms with Gasteiger partial charge in [-0.1, -0.05) is 0 Å². The number of sulfonamides is 1. The van der Waals surface area contributed by atoms with Gasteiger partial charge in [-0.3, -0.25) is 14.5 Å². The zero-order valence-corrected chi connectivity index (χ0v) is 17.2. The largest absolute Gasteiger partial charge is 0.348 e. The van der Waals surface area contributed by atoms with Gasteiger partial charge < -0.3 is 9.80 Å². The molecule has 1 saturated heterocycles. The van der Waals surface area contributed by atoms with Crippen LogP contribution in [0.4, 0.5) is 0 Å². The van der Waals surface area contributed by atoms with Crippen LogP contribution in [-0.4, -0.2) is 87.8 Å². The second-order valence-electron chi connectivity index (χ2n) is 7.63. The zero-order valence-electron chi connectivity index (χ0n) is 16.4. The third kappa shape index (κ3) is 5.30. The fourth-order valence-electron chi connectivity index (χ4n) is 3.11. The Morgan fingerprint density at radius 2 is 1.75 bits per heavy atom. The number of nitrogens with one attached hydrogen (secondary N) is 1. The number of nitrogens with zero attached hydrogens (tertiary/aromatic N) is 3. The second-order valence-corrected chi connectivity index (χ2v) is 9.34. The fraction of sp³-hybridized carbons (Fsp3) is 0.579. The highest BCUT2D eigenvalue weighted by Crippen LogP contribution is 2.22. The van der Waals surface area contributed by atoms with Gasteiger partial charge in [0.2, 0.25) is 15.9 Å². The second kappa shape index (κ2) is 8.59. The third-order valence-corrected chi connectivity index (χ3v) is 6.58. The van der Waals surface area contributed by atoms with E-state index in [0.29, 0.717) is 31.7 Å². The minimum atomic E-state index is -3.51. The van der Waals surface area contributed by atoms with Crippen molar-refractivity contribution in [3.05, 3.63) is 29.8 Å². The van der Waals surface area contributed by atoms with Crippen molar-refractivity contribution in [3.63, 3.8) is 0 Å². The normalized spacial score (nSPS) is 18.6. The van der Waals surface area contributed by atoms with Gasteiger partial charge in [0.1, 0.15) is 0 Å². The lowest BCUT2D eigenvalue weighted by Crippen LogP contribution is -2.39. The van der Waals surface area contributed by atoms with Gasteiger partial charge >= 0.3 is 0 Å².